The summed E-state index contributed by atoms with van der Waals surface area (Å²) in [6.45, 7) is 1.90. The molecule has 9 heteroatoms. The van der Waals surface area contributed by atoms with E-state index in [1.807, 2.05) is 0 Å². The Bertz CT molecular complexity index is 635. The molecule has 2 aromatic heterocycles. The third kappa shape index (κ3) is 3.63. The van der Waals surface area contributed by atoms with Crippen LogP contribution in [0.5, 0.6) is 0 Å². The molecule has 0 aliphatic carbocycles. The lowest BCUT2D eigenvalue weighted by Gasteiger charge is -1.98. The van der Waals surface area contributed by atoms with Gasteiger partial charge in [-0.15, -0.1) is 5.10 Å². The SMILES string of the molecule is CCOC(=O)c1nnc(SCc2occc2C(=O)OC)o1. The Hall–Kier alpha value is -2.29. The second kappa shape index (κ2) is 6.93. The Balaban J connectivity index is 1.99. The van der Waals surface area contributed by atoms with Crippen molar-refractivity contribution in [2.24, 2.45) is 0 Å². The number of methoxy groups -OCH3 is 1. The van der Waals surface area contributed by atoms with Crippen LogP contribution in [-0.4, -0.2) is 35.9 Å². The van der Waals surface area contributed by atoms with Crippen LogP contribution in [0.15, 0.2) is 26.4 Å². The topological polar surface area (TPSA) is 105 Å². The molecule has 0 aromatic carbocycles. The van der Waals surface area contributed by atoms with Gasteiger partial charge in [0.1, 0.15) is 11.3 Å². The van der Waals surface area contributed by atoms with Crippen LogP contribution in [0, 0.1) is 0 Å². The smallest absolute Gasteiger partial charge is 0.396 e. The second-order valence-electron chi connectivity index (χ2n) is 3.63. The number of furan rings is 1. The van der Waals surface area contributed by atoms with E-state index < -0.39 is 11.9 Å². The molecule has 2 aromatic rings. The highest BCUT2D eigenvalue weighted by molar-refractivity contribution is 7.98. The van der Waals surface area contributed by atoms with Gasteiger partial charge < -0.3 is 18.3 Å². The molecular formula is C12H12N2O6S. The van der Waals surface area contributed by atoms with E-state index >= 15 is 0 Å². The van der Waals surface area contributed by atoms with Crippen molar-refractivity contribution in [3.8, 4) is 0 Å². The summed E-state index contributed by atoms with van der Waals surface area (Å²) in [5, 5.41) is 7.45. The van der Waals surface area contributed by atoms with Gasteiger partial charge in [0.05, 0.1) is 25.7 Å². The fraction of sp³-hybridized carbons (Fsp3) is 0.333. The molecule has 0 unspecified atom stereocenters. The maximum atomic E-state index is 11.5. The minimum Gasteiger partial charge on any atom is -0.468 e. The number of thioether (sulfide) groups is 1. The van der Waals surface area contributed by atoms with E-state index in [1.165, 1.54) is 19.4 Å². The summed E-state index contributed by atoms with van der Waals surface area (Å²) < 4.78 is 19.7. The number of aromatic nitrogens is 2. The van der Waals surface area contributed by atoms with Crippen LogP contribution in [0.1, 0.15) is 33.7 Å². The first-order valence-electron chi connectivity index (χ1n) is 5.93. The fourth-order valence-corrected chi connectivity index (χ4v) is 2.13. The molecule has 0 atom stereocenters. The minimum atomic E-state index is -0.676. The zero-order chi connectivity index (χ0) is 15.2. The predicted octanol–water partition coefficient (Wildman–Crippen LogP) is 1.92. The summed E-state index contributed by atoms with van der Waals surface area (Å²) in [6.07, 6.45) is 1.39. The first-order chi connectivity index (χ1) is 10.2. The zero-order valence-corrected chi connectivity index (χ0v) is 12.1. The molecule has 0 saturated heterocycles. The zero-order valence-electron chi connectivity index (χ0n) is 11.3. The van der Waals surface area contributed by atoms with E-state index in [0.29, 0.717) is 11.3 Å². The maximum Gasteiger partial charge on any atom is 0.396 e. The van der Waals surface area contributed by atoms with Crippen molar-refractivity contribution in [3.05, 3.63) is 29.5 Å². The van der Waals surface area contributed by atoms with Gasteiger partial charge >= 0.3 is 17.8 Å². The van der Waals surface area contributed by atoms with Crippen LogP contribution in [0.25, 0.3) is 0 Å². The largest absolute Gasteiger partial charge is 0.468 e. The van der Waals surface area contributed by atoms with Gasteiger partial charge in [0.15, 0.2) is 0 Å². The molecule has 0 amide bonds. The van der Waals surface area contributed by atoms with Crippen molar-refractivity contribution in [1.82, 2.24) is 10.2 Å². The van der Waals surface area contributed by atoms with Gasteiger partial charge in [0, 0.05) is 0 Å². The van der Waals surface area contributed by atoms with Crippen molar-refractivity contribution in [2.45, 2.75) is 17.9 Å². The number of nitrogens with zero attached hydrogens (tertiary/aromatic N) is 2. The van der Waals surface area contributed by atoms with E-state index in [2.05, 4.69) is 14.9 Å². The molecule has 0 radical (unpaired) electrons. The number of carbonyl (C=O) groups is 2. The van der Waals surface area contributed by atoms with Gasteiger partial charge in [0.25, 0.3) is 5.22 Å². The van der Waals surface area contributed by atoms with E-state index in [4.69, 9.17) is 13.6 Å². The van der Waals surface area contributed by atoms with Gasteiger partial charge in [-0.3, -0.25) is 0 Å². The summed E-state index contributed by atoms with van der Waals surface area (Å²) in [5.74, 6) is -0.682. The van der Waals surface area contributed by atoms with Crippen LogP contribution >= 0.6 is 11.8 Å². The highest BCUT2D eigenvalue weighted by Gasteiger charge is 2.19. The summed E-state index contributed by atoms with van der Waals surface area (Å²) in [5.41, 5.74) is 0.329. The second-order valence-corrected chi connectivity index (χ2v) is 4.56. The maximum absolute atomic E-state index is 11.5. The first-order valence-corrected chi connectivity index (χ1v) is 6.92. The van der Waals surface area contributed by atoms with Gasteiger partial charge in [0.2, 0.25) is 0 Å². The standard InChI is InChI=1S/C12H12N2O6S/c1-3-18-11(16)9-13-14-12(20-9)21-6-8-7(4-5-19-8)10(15)17-2/h4-5H,3,6H2,1-2H3. The number of rotatable bonds is 6. The Morgan fingerprint density at radius 2 is 2.14 bits per heavy atom. The fourth-order valence-electron chi connectivity index (χ4n) is 1.41. The number of hydrogen-bond acceptors (Lipinski definition) is 9. The van der Waals surface area contributed by atoms with Crippen LogP contribution in [0.3, 0.4) is 0 Å². The third-order valence-electron chi connectivity index (χ3n) is 2.33. The molecule has 21 heavy (non-hydrogen) atoms. The lowest BCUT2D eigenvalue weighted by atomic mass is 10.3. The predicted molar refractivity (Wildman–Crippen MR) is 69.9 cm³/mol. The van der Waals surface area contributed by atoms with Crippen LogP contribution in [0.2, 0.25) is 0 Å². The van der Waals surface area contributed by atoms with Crippen molar-refractivity contribution < 1.29 is 27.9 Å². The molecule has 0 bridgehead atoms. The van der Waals surface area contributed by atoms with Crippen LogP contribution < -0.4 is 0 Å². The molecule has 0 aliphatic rings. The minimum absolute atomic E-state index is 0.172. The average molecular weight is 312 g/mol. The average Bonchev–Trinajstić information content (AvgIpc) is 3.13. The van der Waals surface area contributed by atoms with Crippen molar-refractivity contribution >= 4 is 23.7 Å². The van der Waals surface area contributed by atoms with E-state index in [-0.39, 0.29) is 23.5 Å². The third-order valence-corrected chi connectivity index (χ3v) is 3.15. The van der Waals surface area contributed by atoms with Crippen molar-refractivity contribution in [3.63, 3.8) is 0 Å². The Morgan fingerprint density at radius 3 is 2.86 bits per heavy atom. The molecule has 112 valence electrons. The first kappa shape index (κ1) is 15.1. The lowest BCUT2D eigenvalue weighted by molar-refractivity contribution is 0.0474. The van der Waals surface area contributed by atoms with E-state index in [9.17, 15) is 9.59 Å². The van der Waals surface area contributed by atoms with Crippen LogP contribution in [0.4, 0.5) is 0 Å². The molecule has 0 saturated carbocycles. The molecule has 0 N–H and O–H groups in total. The van der Waals surface area contributed by atoms with E-state index in [0.717, 1.165) is 11.8 Å². The Kier molecular flexibility index (Phi) is 4.99. The summed E-state index contributed by atoms with van der Waals surface area (Å²) >= 11 is 1.13. The number of esters is 2. The van der Waals surface area contributed by atoms with Crippen LogP contribution in [-0.2, 0) is 15.2 Å². The van der Waals surface area contributed by atoms with Gasteiger partial charge in [-0.2, -0.15) is 0 Å². The van der Waals surface area contributed by atoms with Crippen molar-refractivity contribution in [1.29, 1.82) is 0 Å². The van der Waals surface area contributed by atoms with Gasteiger partial charge in [-0.1, -0.05) is 16.9 Å². The Labute approximate surface area is 123 Å². The normalized spacial score (nSPS) is 10.4. The summed E-state index contributed by atoms with van der Waals surface area (Å²) in [6, 6.07) is 1.51. The monoisotopic (exact) mass is 312 g/mol. The summed E-state index contributed by atoms with van der Waals surface area (Å²) in [4.78, 5) is 22.8. The number of ether oxygens (including phenoxy) is 2. The molecule has 0 spiro atoms. The number of carbonyl (C=O) groups excluding carboxylic acids is 2. The quantitative estimate of drug-likeness (QED) is 0.584. The molecule has 0 fully saturated rings. The molecule has 0 aliphatic heterocycles. The summed E-state index contributed by atoms with van der Waals surface area (Å²) in [7, 11) is 1.29. The lowest BCUT2D eigenvalue weighted by Crippen LogP contribution is -2.04. The number of hydrogen-bond donors (Lipinski definition) is 0. The van der Waals surface area contributed by atoms with Gasteiger partial charge in [-0.05, 0) is 13.0 Å². The Morgan fingerprint density at radius 1 is 1.33 bits per heavy atom. The molecule has 2 rings (SSSR count). The molecule has 8 nitrogen and oxygen atoms in total. The van der Waals surface area contributed by atoms with Gasteiger partial charge in [-0.25, -0.2) is 9.59 Å². The highest BCUT2D eigenvalue weighted by atomic mass is 32.2. The molecular weight excluding hydrogens is 300 g/mol. The van der Waals surface area contributed by atoms with E-state index in [1.54, 1.807) is 6.92 Å². The highest BCUT2D eigenvalue weighted by Crippen LogP contribution is 2.24. The molecule has 2 heterocycles. The van der Waals surface area contributed by atoms with Crippen molar-refractivity contribution in [2.75, 3.05) is 13.7 Å².